The molecule has 2 aliphatic rings. The van der Waals surface area contributed by atoms with Crippen LogP contribution in [0.3, 0.4) is 0 Å². The number of amides is 1. The van der Waals surface area contributed by atoms with Crippen LogP contribution in [0.1, 0.15) is 23.2 Å². The van der Waals surface area contributed by atoms with Crippen LogP contribution in [0.4, 0.5) is 0 Å². The summed E-state index contributed by atoms with van der Waals surface area (Å²) < 4.78 is 18.2. The van der Waals surface area contributed by atoms with Gasteiger partial charge in [0.1, 0.15) is 11.3 Å². The Morgan fingerprint density at radius 3 is 2.73 bits per heavy atom. The summed E-state index contributed by atoms with van der Waals surface area (Å²) >= 11 is 1.36. The first-order valence-electron chi connectivity index (χ1n) is 9.81. The van der Waals surface area contributed by atoms with Crippen LogP contribution < -0.4 is 10.3 Å². The van der Waals surface area contributed by atoms with Crippen molar-refractivity contribution in [3.05, 3.63) is 51.8 Å². The molecule has 0 saturated carbocycles. The standard InChI is InChI=1S/C21H21N3O5S/c1-27-15-4-2-3-14(11-15)17-13-30-20-22-12-16(19(26)24(17)20)18(25)23-7-5-21(6-8-23)28-9-10-29-21/h2-4,11-13H,5-10H2,1H3. The molecule has 2 saturated heterocycles. The van der Waals surface area contributed by atoms with Gasteiger partial charge in [0.15, 0.2) is 10.7 Å². The van der Waals surface area contributed by atoms with E-state index in [0.717, 1.165) is 5.56 Å². The van der Waals surface area contributed by atoms with Gasteiger partial charge in [0, 0.05) is 43.1 Å². The molecule has 0 unspecified atom stereocenters. The Kier molecular flexibility index (Phi) is 4.80. The molecule has 0 radical (unpaired) electrons. The Morgan fingerprint density at radius 2 is 2.00 bits per heavy atom. The molecule has 9 heteroatoms. The minimum atomic E-state index is -0.569. The summed E-state index contributed by atoms with van der Waals surface area (Å²) in [4.78, 5) is 33.0. The van der Waals surface area contributed by atoms with Crippen LogP contribution in [0.5, 0.6) is 5.75 Å². The number of piperidine rings is 1. The molecule has 8 nitrogen and oxygen atoms in total. The van der Waals surface area contributed by atoms with Crippen LogP contribution in [0.15, 0.2) is 40.6 Å². The fourth-order valence-electron chi connectivity index (χ4n) is 4.03. The van der Waals surface area contributed by atoms with E-state index in [-0.39, 0.29) is 17.0 Å². The second kappa shape index (κ2) is 7.50. The Bertz CT molecular complexity index is 1150. The van der Waals surface area contributed by atoms with Gasteiger partial charge in [0.05, 0.1) is 26.0 Å². The molecule has 0 bridgehead atoms. The number of fused-ring (bicyclic) bond motifs is 1. The molecule has 4 heterocycles. The summed E-state index contributed by atoms with van der Waals surface area (Å²) in [5.41, 5.74) is 1.22. The molecule has 0 atom stereocenters. The first-order valence-corrected chi connectivity index (χ1v) is 10.7. The van der Waals surface area contributed by atoms with Gasteiger partial charge in [-0.2, -0.15) is 0 Å². The van der Waals surface area contributed by atoms with Gasteiger partial charge in [-0.25, -0.2) is 4.98 Å². The van der Waals surface area contributed by atoms with E-state index in [1.807, 2.05) is 29.6 Å². The van der Waals surface area contributed by atoms with Gasteiger partial charge < -0.3 is 19.1 Å². The van der Waals surface area contributed by atoms with E-state index >= 15 is 0 Å². The molecule has 30 heavy (non-hydrogen) atoms. The molecule has 0 N–H and O–H groups in total. The minimum Gasteiger partial charge on any atom is -0.497 e. The van der Waals surface area contributed by atoms with Crippen molar-refractivity contribution in [3.8, 4) is 17.0 Å². The predicted octanol–water partition coefficient (Wildman–Crippen LogP) is 2.41. The van der Waals surface area contributed by atoms with E-state index in [2.05, 4.69) is 4.98 Å². The normalized spacial score (nSPS) is 18.2. The zero-order valence-electron chi connectivity index (χ0n) is 16.5. The minimum absolute atomic E-state index is 0.0688. The first-order chi connectivity index (χ1) is 14.6. The van der Waals surface area contributed by atoms with E-state index < -0.39 is 5.79 Å². The highest BCUT2D eigenvalue weighted by molar-refractivity contribution is 7.15. The highest BCUT2D eigenvalue weighted by Crippen LogP contribution is 2.32. The van der Waals surface area contributed by atoms with Crippen molar-refractivity contribution in [2.45, 2.75) is 18.6 Å². The fourth-order valence-corrected chi connectivity index (χ4v) is 4.89. The smallest absolute Gasteiger partial charge is 0.271 e. The maximum Gasteiger partial charge on any atom is 0.271 e. The van der Waals surface area contributed by atoms with Crippen LogP contribution in [0, 0.1) is 0 Å². The summed E-state index contributed by atoms with van der Waals surface area (Å²) in [7, 11) is 1.60. The molecule has 2 aromatic heterocycles. The molecule has 3 aromatic rings. The van der Waals surface area contributed by atoms with Crippen molar-refractivity contribution in [2.24, 2.45) is 0 Å². The molecule has 1 aromatic carbocycles. The molecule has 5 rings (SSSR count). The molecule has 2 aliphatic heterocycles. The Morgan fingerprint density at radius 1 is 1.23 bits per heavy atom. The number of carbonyl (C=O) groups is 1. The molecule has 156 valence electrons. The third kappa shape index (κ3) is 3.19. The maximum absolute atomic E-state index is 13.3. The van der Waals surface area contributed by atoms with E-state index in [1.54, 1.807) is 12.0 Å². The monoisotopic (exact) mass is 427 g/mol. The number of hydrogen-bond acceptors (Lipinski definition) is 7. The lowest BCUT2D eigenvalue weighted by molar-refractivity contribution is -0.181. The number of carbonyl (C=O) groups excluding carboxylic acids is 1. The maximum atomic E-state index is 13.3. The number of hydrogen-bond donors (Lipinski definition) is 0. The second-order valence-electron chi connectivity index (χ2n) is 7.35. The van der Waals surface area contributed by atoms with Crippen LogP contribution in [0.25, 0.3) is 16.2 Å². The van der Waals surface area contributed by atoms with Gasteiger partial charge in [-0.05, 0) is 12.1 Å². The van der Waals surface area contributed by atoms with Gasteiger partial charge in [-0.15, -0.1) is 11.3 Å². The highest BCUT2D eigenvalue weighted by Gasteiger charge is 2.41. The number of thiazole rings is 1. The van der Waals surface area contributed by atoms with Gasteiger partial charge >= 0.3 is 0 Å². The third-order valence-corrected chi connectivity index (χ3v) is 6.51. The van der Waals surface area contributed by atoms with E-state index in [1.165, 1.54) is 21.9 Å². The van der Waals surface area contributed by atoms with Crippen molar-refractivity contribution < 1.29 is 19.0 Å². The van der Waals surface area contributed by atoms with Crippen LogP contribution in [0.2, 0.25) is 0 Å². The Balaban J connectivity index is 1.47. The van der Waals surface area contributed by atoms with Crippen molar-refractivity contribution in [2.75, 3.05) is 33.4 Å². The summed E-state index contributed by atoms with van der Waals surface area (Å²) in [6.45, 7) is 2.13. The van der Waals surface area contributed by atoms with E-state index in [0.29, 0.717) is 55.5 Å². The van der Waals surface area contributed by atoms with Gasteiger partial charge in [0.2, 0.25) is 0 Å². The van der Waals surface area contributed by atoms with Crippen molar-refractivity contribution in [1.82, 2.24) is 14.3 Å². The summed E-state index contributed by atoms with van der Waals surface area (Å²) in [5, 5.41) is 1.87. The van der Waals surface area contributed by atoms with Crippen molar-refractivity contribution in [3.63, 3.8) is 0 Å². The molecule has 2 fully saturated rings. The molecular weight excluding hydrogens is 406 g/mol. The largest absolute Gasteiger partial charge is 0.497 e. The number of benzene rings is 1. The second-order valence-corrected chi connectivity index (χ2v) is 8.18. The predicted molar refractivity (Wildman–Crippen MR) is 111 cm³/mol. The number of ether oxygens (including phenoxy) is 3. The number of likely N-dealkylation sites (tertiary alicyclic amines) is 1. The summed E-state index contributed by atoms with van der Waals surface area (Å²) in [6.07, 6.45) is 2.59. The summed E-state index contributed by atoms with van der Waals surface area (Å²) in [5.74, 6) is -0.183. The number of rotatable bonds is 3. The average molecular weight is 427 g/mol. The molecule has 1 spiro atoms. The zero-order valence-corrected chi connectivity index (χ0v) is 17.3. The van der Waals surface area contributed by atoms with Crippen molar-refractivity contribution >= 4 is 22.2 Å². The fraction of sp³-hybridized carbons (Fsp3) is 0.381. The van der Waals surface area contributed by atoms with Gasteiger partial charge in [0.25, 0.3) is 11.5 Å². The molecular formula is C21H21N3O5S. The van der Waals surface area contributed by atoms with Crippen LogP contribution in [-0.4, -0.2) is 59.4 Å². The topological polar surface area (TPSA) is 82.4 Å². The zero-order chi connectivity index (χ0) is 20.7. The van der Waals surface area contributed by atoms with Crippen molar-refractivity contribution in [1.29, 1.82) is 0 Å². The first kappa shape index (κ1) is 19.2. The van der Waals surface area contributed by atoms with E-state index in [9.17, 15) is 9.59 Å². The van der Waals surface area contributed by atoms with E-state index in [4.69, 9.17) is 14.2 Å². The molecule has 1 amide bonds. The van der Waals surface area contributed by atoms with Crippen LogP contribution >= 0.6 is 11.3 Å². The van der Waals surface area contributed by atoms with Gasteiger partial charge in [-0.1, -0.05) is 12.1 Å². The Hall–Kier alpha value is -2.75. The number of methoxy groups -OCH3 is 1. The summed E-state index contributed by atoms with van der Waals surface area (Å²) in [6, 6.07) is 7.46. The molecule has 0 aliphatic carbocycles. The Labute approximate surface area is 176 Å². The third-order valence-electron chi connectivity index (χ3n) is 5.67. The lowest BCUT2D eigenvalue weighted by atomic mass is 10.0. The van der Waals surface area contributed by atoms with Crippen LogP contribution in [-0.2, 0) is 9.47 Å². The number of nitrogens with zero attached hydrogens (tertiary/aromatic N) is 3. The quantitative estimate of drug-likeness (QED) is 0.639. The number of aromatic nitrogens is 2. The lowest BCUT2D eigenvalue weighted by Crippen LogP contribution is -2.48. The SMILES string of the molecule is COc1cccc(-c2csc3ncc(C(=O)N4CCC5(CC4)OCCO5)c(=O)n23)c1. The lowest BCUT2D eigenvalue weighted by Gasteiger charge is -2.37. The van der Waals surface area contributed by atoms with Gasteiger partial charge in [-0.3, -0.25) is 14.0 Å². The average Bonchev–Trinajstić information content (AvgIpc) is 3.42. The highest BCUT2D eigenvalue weighted by atomic mass is 32.1.